The number of hydrogen-bond donors (Lipinski definition) is 1. The molecule has 0 spiro atoms. The van der Waals surface area contributed by atoms with Crippen LogP contribution in [0.2, 0.25) is 0 Å². The third-order valence-corrected chi connectivity index (χ3v) is 8.51. The second kappa shape index (κ2) is 9.93. The molecule has 1 aliphatic rings. The SMILES string of the molecule is CC=C(C)C(=O)N1CCc2c(sc(S(=O)(=O)NCCc3cccc(F)c3)c2C(=O)OC)C1. The zero-order valence-corrected chi connectivity index (χ0v) is 19.7. The van der Waals surface area contributed by atoms with Crippen LogP contribution in [-0.4, -0.2) is 45.4 Å². The number of benzene rings is 1. The highest BCUT2D eigenvalue weighted by Gasteiger charge is 2.34. The molecular weight excluding hydrogens is 455 g/mol. The Morgan fingerprint density at radius 1 is 1.34 bits per heavy atom. The van der Waals surface area contributed by atoms with Crippen molar-refractivity contribution in [2.24, 2.45) is 0 Å². The Morgan fingerprint density at radius 3 is 2.75 bits per heavy atom. The predicted octanol–water partition coefficient (Wildman–Crippen LogP) is 3.05. The molecule has 1 aliphatic heterocycles. The summed E-state index contributed by atoms with van der Waals surface area (Å²) in [6.07, 6.45) is 2.38. The Labute approximate surface area is 190 Å². The molecule has 1 N–H and O–H groups in total. The van der Waals surface area contributed by atoms with E-state index in [1.165, 1.54) is 19.2 Å². The number of methoxy groups -OCH3 is 1. The van der Waals surface area contributed by atoms with Gasteiger partial charge in [-0.3, -0.25) is 4.79 Å². The Balaban J connectivity index is 1.86. The van der Waals surface area contributed by atoms with Gasteiger partial charge in [0.15, 0.2) is 0 Å². The van der Waals surface area contributed by atoms with Crippen LogP contribution in [0.25, 0.3) is 0 Å². The van der Waals surface area contributed by atoms with E-state index in [0.29, 0.717) is 41.0 Å². The molecule has 0 saturated heterocycles. The summed E-state index contributed by atoms with van der Waals surface area (Å²) in [6, 6.07) is 5.93. The van der Waals surface area contributed by atoms with Crippen LogP contribution in [0.4, 0.5) is 4.39 Å². The number of halogens is 1. The van der Waals surface area contributed by atoms with E-state index in [-0.39, 0.29) is 28.8 Å². The van der Waals surface area contributed by atoms with Gasteiger partial charge in [0.2, 0.25) is 5.91 Å². The van der Waals surface area contributed by atoms with Crippen molar-refractivity contribution in [1.82, 2.24) is 9.62 Å². The number of amides is 1. The molecule has 0 unspecified atom stereocenters. The van der Waals surface area contributed by atoms with Crippen molar-refractivity contribution in [2.45, 2.75) is 37.4 Å². The predicted molar refractivity (Wildman–Crippen MR) is 120 cm³/mol. The van der Waals surface area contributed by atoms with Crippen molar-refractivity contribution >= 4 is 33.2 Å². The quantitative estimate of drug-likeness (QED) is 0.486. The molecule has 0 saturated carbocycles. The number of ether oxygens (including phenoxy) is 1. The molecule has 10 heteroatoms. The number of hydrogen-bond acceptors (Lipinski definition) is 6. The molecule has 1 aromatic carbocycles. The lowest BCUT2D eigenvalue weighted by Crippen LogP contribution is -2.36. The van der Waals surface area contributed by atoms with E-state index < -0.39 is 21.8 Å². The molecule has 1 aromatic heterocycles. The van der Waals surface area contributed by atoms with Crippen molar-refractivity contribution in [2.75, 3.05) is 20.2 Å². The molecule has 3 rings (SSSR count). The number of rotatable bonds is 7. The fourth-order valence-corrected chi connectivity index (χ4v) is 6.48. The Hall–Kier alpha value is -2.56. The van der Waals surface area contributed by atoms with Crippen molar-refractivity contribution in [3.05, 3.63) is 63.3 Å². The molecule has 0 radical (unpaired) electrons. The maximum absolute atomic E-state index is 13.3. The summed E-state index contributed by atoms with van der Waals surface area (Å²) in [5.74, 6) is -1.24. The molecule has 7 nitrogen and oxygen atoms in total. The van der Waals surface area contributed by atoms with Gasteiger partial charge >= 0.3 is 5.97 Å². The van der Waals surface area contributed by atoms with Gasteiger partial charge in [0.1, 0.15) is 10.0 Å². The third-order valence-electron chi connectivity index (χ3n) is 5.31. The molecule has 0 atom stereocenters. The number of carbonyl (C=O) groups is 2. The number of nitrogens with one attached hydrogen (secondary N) is 1. The second-order valence-electron chi connectivity index (χ2n) is 7.38. The average Bonchev–Trinajstić information content (AvgIpc) is 3.17. The minimum atomic E-state index is -4.02. The lowest BCUT2D eigenvalue weighted by atomic mass is 10.0. The second-order valence-corrected chi connectivity index (χ2v) is 10.5. The maximum atomic E-state index is 13.3. The van der Waals surface area contributed by atoms with Crippen molar-refractivity contribution < 1.29 is 27.1 Å². The monoisotopic (exact) mass is 480 g/mol. The molecule has 2 heterocycles. The van der Waals surface area contributed by atoms with Crippen LogP contribution in [-0.2, 0) is 38.9 Å². The number of thiophene rings is 1. The van der Waals surface area contributed by atoms with Crippen LogP contribution in [0.15, 0.2) is 40.1 Å². The molecule has 2 aromatic rings. The van der Waals surface area contributed by atoms with Gasteiger partial charge < -0.3 is 9.64 Å². The first-order valence-corrected chi connectivity index (χ1v) is 12.4. The van der Waals surface area contributed by atoms with Crippen LogP contribution in [0.1, 0.15) is 40.2 Å². The van der Waals surface area contributed by atoms with Gasteiger partial charge in [0, 0.05) is 23.5 Å². The highest BCUT2D eigenvalue weighted by atomic mass is 32.2. The van der Waals surface area contributed by atoms with E-state index in [0.717, 1.165) is 11.3 Å². The summed E-state index contributed by atoms with van der Waals surface area (Å²) in [4.78, 5) is 27.3. The summed E-state index contributed by atoms with van der Waals surface area (Å²) in [7, 11) is -2.82. The minimum Gasteiger partial charge on any atom is -0.465 e. The number of allylic oxidation sites excluding steroid dienone is 1. The molecule has 1 amide bonds. The summed E-state index contributed by atoms with van der Waals surface area (Å²) >= 11 is 0.977. The van der Waals surface area contributed by atoms with Crippen LogP contribution in [0, 0.1) is 5.82 Å². The fourth-order valence-electron chi connectivity index (χ4n) is 3.51. The van der Waals surface area contributed by atoms with Gasteiger partial charge in [-0.2, -0.15) is 0 Å². The van der Waals surface area contributed by atoms with Gasteiger partial charge in [-0.05, 0) is 49.9 Å². The summed E-state index contributed by atoms with van der Waals surface area (Å²) in [5, 5.41) is 0. The van der Waals surface area contributed by atoms with Gasteiger partial charge in [-0.25, -0.2) is 22.3 Å². The van der Waals surface area contributed by atoms with Crippen LogP contribution < -0.4 is 4.72 Å². The number of esters is 1. The highest BCUT2D eigenvalue weighted by Crippen LogP contribution is 2.37. The number of sulfonamides is 1. The fraction of sp³-hybridized carbons (Fsp3) is 0.364. The van der Waals surface area contributed by atoms with E-state index in [1.54, 1.807) is 37.0 Å². The molecular formula is C22H25FN2O5S2. The summed E-state index contributed by atoms with van der Waals surface area (Å²) in [5.41, 5.74) is 1.89. The zero-order chi connectivity index (χ0) is 23.5. The largest absolute Gasteiger partial charge is 0.465 e. The number of fused-ring (bicyclic) bond motifs is 1. The van der Waals surface area contributed by atoms with Crippen molar-refractivity contribution in [1.29, 1.82) is 0 Å². The molecule has 0 bridgehead atoms. The van der Waals surface area contributed by atoms with E-state index >= 15 is 0 Å². The Kier molecular flexibility index (Phi) is 7.47. The van der Waals surface area contributed by atoms with E-state index in [9.17, 15) is 22.4 Å². The van der Waals surface area contributed by atoms with Crippen molar-refractivity contribution in [3.8, 4) is 0 Å². The summed E-state index contributed by atoms with van der Waals surface area (Å²) < 4.78 is 46.7. The standard InChI is InChI=1S/C22H25FN2O5S2/c1-4-14(2)20(26)25-11-9-17-18(13-25)31-22(19(17)21(27)30-3)32(28,29)24-10-8-15-6-5-7-16(23)12-15/h4-7,12,24H,8-11,13H2,1-3H3. The van der Waals surface area contributed by atoms with Crippen molar-refractivity contribution in [3.63, 3.8) is 0 Å². The lowest BCUT2D eigenvalue weighted by Gasteiger charge is -2.27. The first-order chi connectivity index (χ1) is 15.2. The van der Waals surface area contributed by atoms with E-state index in [4.69, 9.17) is 4.74 Å². The molecule has 32 heavy (non-hydrogen) atoms. The maximum Gasteiger partial charge on any atom is 0.340 e. The highest BCUT2D eigenvalue weighted by molar-refractivity contribution is 7.91. The van der Waals surface area contributed by atoms with Crippen LogP contribution in [0.3, 0.4) is 0 Å². The van der Waals surface area contributed by atoms with Gasteiger partial charge in [-0.1, -0.05) is 18.2 Å². The minimum absolute atomic E-state index is 0.0283. The molecule has 172 valence electrons. The number of nitrogens with zero attached hydrogens (tertiary/aromatic N) is 1. The Morgan fingerprint density at radius 2 is 2.09 bits per heavy atom. The lowest BCUT2D eigenvalue weighted by molar-refractivity contribution is -0.127. The summed E-state index contributed by atoms with van der Waals surface area (Å²) in [6.45, 7) is 4.16. The third kappa shape index (κ3) is 5.08. The topological polar surface area (TPSA) is 92.8 Å². The first-order valence-electron chi connectivity index (χ1n) is 10.1. The first kappa shape index (κ1) is 24.1. The van der Waals surface area contributed by atoms with Gasteiger partial charge in [0.05, 0.1) is 19.2 Å². The zero-order valence-electron chi connectivity index (χ0n) is 18.1. The van der Waals surface area contributed by atoms with E-state index in [2.05, 4.69) is 4.72 Å². The smallest absolute Gasteiger partial charge is 0.340 e. The molecule has 0 fully saturated rings. The van der Waals surface area contributed by atoms with Crippen LogP contribution in [0.5, 0.6) is 0 Å². The van der Waals surface area contributed by atoms with Crippen LogP contribution >= 0.6 is 11.3 Å². The van der Waals surface area contributed by atoms with Gasteiger partial charge in [0.25, 0.3) is 10.0 Å². The molecule has 0 aliphatic carbocycles. The van der Waals surface area contributed by atoms with Gasteiger partial charge in [-0.15, -0.1) is 11.3 Å². The normalized spacial score (nSPS) is 14.2. The number of carbonyl (C=O) groups excluding carboxylic acids is 2. The average molecular weight is 481 g/mol. The Bertz CT molecular complexity index is 1170. The van der Waals surface area contributed by atoms with E-state index in [1.807, 2.05) is 0 Å².